The number of carbonyl (C=O) groups is 2. The highest BCUT2D eigenvalue weighted by atomic mass is 35.5. The predicted octanol–water partition coefficient (Wildman–Crippen LogP) is 4.00. The number of Topliss-reactive ketones (excluding diaryl/α,β-unsaturated/α-hetero) is 1. The number of halogens is 1. The van der Waals surface area contributed by atoms with Gasteiger partial charge in [0.1, 0.15) is 11.6 Å². The molecule has 0 saturated carbocycles. The van der Waals surface area contributed by atoms with Crippen LogP contribution in [-0.4, -0.2) is 11.7 Å². The molecule has 0 aromatic heterocycles. The molecule has 2 aromatic rings. The summed E-state index contributed by atoms with van der Waals surface area (Å²) in [4.78, 5) is 23.3. The van der Waals surface area contributed by atoms with Gasteiger partial charge < -0.3 is 10.6 Å². The van der Waals surface area contributed by atoms with Crippen LogP contribution in [0, 0.1) is 11.3 Å². The van der Waals surface area contributed by atoms with Crippen molar-refractivity contribution in [2.24, 2.45) is 0 Å². The summed E-state index contributed by atoms with van der Waals surface area (Å²) in [6.07, 6.45) is 1.31. The third-order valence-electron chi connectivity index (χ3n) is 3.12. The minimum absolute atomic E-state index is 0.0318. The third-order valence-corrected chi connectivity index (χ3v) is 3.36. The second-order valence-corrected chi connectivity index (χ2v) is 5.35. The molecule has 0 spiro atoms. The third kappa shape index (κ3) is 4.70. The summed E-state index contributed by atoms with van der Waals surface area (Å²) < 4.78 is 0. The molecule has 5 nitrogen and oxygen atoms in total. The van der Waals surface area contributed by atoms with Crippen molar-refractivity contribution in [3.05, 3.63) is 70.9 Å². The highest BCUT2D eigenvalue weighted by Crippen LogP contribution is 2.16. The molecule has 0 heterocycles. The van der Waals surface area contributed by atoms with Gasteiger partial charge in [0, 0.05) is 28.2 Å². The van der Waals surface area contributed by atoms with Crippen molar-refractivity contribution in [1.82, 2.24) is 0 Å². The SMILES string of the molecule is CC(=O)c1ccc(N/C=C(/C#N)C(=O)Nc2cccc(Cl)c2)cc1. The summed E-state index contributed by atoms with van der Waals surface area (Å²) in [5.41, 5.74) is 1.65. The summed E-state index contributed by atoms with van der Waals surface area (Å²) in [6.45, 7) is 1.48. The Bertz CT molecular complexity index is 836. The lowest BCUT2D eigenvalue weighted by Crippen LogP contribution is -2.14. The molecule has 1 amide bonds. The zero-order chi connectivity index (χ0) is 17.5. The van der Waals surface area contributed by atoms with Crippen molar-refractivity contribution in [2.75, 3.05) is 10.6 Å². The maximum atomic E-state index is 12.1. The molecule has 0 aliphatic heterocycles. The standard InChI is InChI=1S/C18H14ClN3O2/c1-12(23)13-5-7-16(8-6-13)21-11-14(10-20)18(24)22-17-4-2-3-15(19)9-17/h2-9,11,21H,1H3,(H,22,24)/b14-11-. The van der Waals surface area contributed by atoms with E-state index in [0.717, 1.165) is 0 Å². The quantitative estimate of drug-likeness (QED) is 0.490. The Morgan fingerprint density at radius 1 is 1.12 bits per heavy atom. The van der Waals surface area contributed by atoms with E-state index in [1.54, 1.807) is 48.5 Å². The number of hydrogen-bond acceptors (Lipinski definition) is 4. The molecular weight excluding hydrogens is 326 g/mol. The molecule has 0 aliphatic rings. The van der Waals surface area contributed by atoms with E-state index in [2.05, 4.69) is 10.6 Å². The van der Waals surface area contributed by atoms with Crippen LogP contribution < -0.4 is 10.6 Å². The van der Waals surface area contributed by atoms with E-state index >= 15 is 0 Å². The lowest BCUT2D eigenvalue weighted by Gasteiger charge is -2.06. The zero-order valence-corrected chi connectivity index (χ0v) is 13.6. The lowest BCUT2D eigenvalue weighted by atomic mass is 10.1. The average molecular weight is 340 g/mol. The molecule has 0 radical (unpaired) electrons. The fourth-order valence-corrected chi connectivity index (χ4v) is 2.06. The van der Waals surface area contributed by atoms with Crippen LogP contribution in [0.1, 0.15) is 17.3 Å². The minimum atomic E-state index is -0.548. The molecule has 0 fully saturated rings. The average Bonchev–Trinajstić information content (AvgIpc) is 2.56. The van der Waals surface area contributed by atoms with Crippen LogP contribution in [0.5, 0.6) is 0 Å². The van der Waals surface area contributed by atoms with E-state index in [0.29, 0.717) is 22.0 Å². The highest BCUT2D eigenvalue weighted by molar-refractivity contribution is 6.31. The Kier molecular flexibility index (Phi) is 5.72. The lowest BCUT2D eigenvalue weighted by molar-refractivity contribution is -0.112. The molecule has 0 aliphatic carbocycles. The summed E-state index contributed by atoms with van der Waals surface area (Å²) in [5.74, 6) is -0.580. The molecule has 2 rings (SSSR count). The Morgan fingerprint density at radius 2 is 1.83 bits per heavy atom. The molecule has 0 bridgehead atoms. The number of nitrogens with zero attached hydrogens (tertiary/aromatic N) is 1. The topological polar surface area (TPSA) is 82.0 Å². The minimum Gasteiger partial charge on any atom is -0.360 e. The first-order valence-electron chi connectivity index (χ1n) is 7.04. The van der Waals surface area contributed by atoms with Crippen LogP contribution >= 0.6 is 11.6 Å². The molecular formula is C18H14ClN3O2. The summed E-state index contributed by atoms with van der Waals surface area (Å²) >= 11 is 5.85. The van der Waals surface area contributed by atoms with E-state index in [9.17, 15) is 9.59 Å². The number of anilines is 2. The zero-order valence-electron chi connectivity index (χ0n) is 12.8. The van der Waals surface area contributed by atoms with E-state index < -0.39 is 5.91 Å². The van der Waals surface area contributed by atoms with Crippen LogP contribution in [0.3, 0.4) is 0 Å². The molecule has 24 heavy (non-hydrogen) atoms. The number of amides is 1. The molecule has 0 saturated heterocycles. The smallest absolute Gasteiger partial charge is 0.267 e. The monoisotopic (exact) mass is 339 g/mol. The van der Waals surface area contributed by atoms with E-state index in [-0.39, 0.29) is 11.4 Å². The van der Waals surface area contributed by atoms with Gasteiger partial charge in [0.2, 0.25) is 0 Å². The largest absolute Gasteiger partial charge is 0.360 e. The maximum absolute atomic E-state index is 12.1. The van der Waals surface area contributed by atoms with Gasteiger partial charge in [-0.15, -0.1) is 0 Å². The number of rotatable bonds is 5. The van der Waals surface area contributed by atoms with Crippen molar-refractivity contribution in [3.8, 4) is 6.07 Å². The van der Waals surface area contributed by atoms with Crippen LogP contribution in [-0.2, 0) is 4.79 Å². The second kappa shape index (κ2) is 7.95. The molecule has 120 valence electrons. The van der Waals surface area contributed by atoms with Crippen molar-refractivity contribution in [1.29, 1.82) is 5.26 Å². The Hall–Kier alpha value is -3.10. The molecule has 0 unspecified atom stereocenters. The number of ketones is 1. The van der Waals surface area contributed by atoms with Gasteiger partial charge in [-0.1, -0.05) is 17.7 Å². The molecule has 0 atom stereocenters. The first-order valence-corrected chi connectivity index (χ1v) is 7.42. The van der Waals surface area contributed by atoms with Crippen LogP contribution in [0.15, 0.2) is 60.3 Å². The highest BCUT2D eigenvalue weighted by Gasteiger charge is 2.09. The number of benzene rings is 2. The van der Waals surface area contributed by atoms with E-state index in [1.807, 2.05) is 6.07 Å². The normalized spacial score (nSPS) is 10.6. The van der Waals surface area contributed by atoms with Gasteiger partial charge in [0.15, 0.2) is 5.78 Å². The summed E-state index contributed by atoms with van der Waals surface area (Å²) in [6, 6.07) is 15.2. The fourth-order valence-electron chi connectivity index (χ4n) is 1.87. The fraction of sp³-hybridized carbons (Fsp3) is 0.0556. The van der Waals surface area contributed by atoms with Crippen LogP contribution in [0.4, 0.5) is 11.4 Å². The van der Waals surface area contributed by atoms with Gasteiger partial charge in [0.25, 0.3) is 5.91 Å². The van der Waals surface area contributed by atoms with Gasteiger partial charge in [0.05, 0.1) is 0 Å². The molecule has 6 heteroatoms. The van der Waals surface area contributed by atoms with Gasteiger partial charge in [-0.3, -0.25) is 9.59 Å². The van der Waals surface area contributed by atoms with Gasteiger partial charge in [-0.2, -0.15) is 5.26 Å². The Morgan fingerprint density at radius 3 is 2.42 bits per heavy atom. The van der Waals surface area contributed by atoms with Crippen molar-refractivity contribution < 1.29 is 9.59 Å². The first kappa shape index (κ1) is 17.3. The Labute approximate surface area is 144 Å². The van der Waals surface area contributed by atoms with E-state index in [1.165, 1.54) is 13.1 Å². The number of nitriles is 1. The van der Waals surface area contributed by atoms with Crippen LogP contribution in [0.25, 0.3) is 0 Å². The maximum Gasteiger partial charge on any atom is 0.267 e. The van der Waals surface area contributed by atoms with Crippen molar-refractivity contribution >= 4 is 34.7 Å². The number of hydrogen-bond donors (Lipinski definition) is 2. The predicted molar refractivity (Wildman–Crippen MR) is 93.8 cm³/mol. The second-order valence-electron chi connectivity index (χ2n) is 4.91. The van der Waals surface area contributed by atoms with Gasteiger partial charge in [-0.25, -0.2) is 0 Å². The Balaban J connectivity index is 2.07. The number of carbonyl (C=O) groups excluding carboxylic acids is 2. The van der Waals surface area contributed by atoms with Gasteiger partial charge >= 0.3 is 0 Å². The molecule has 2 N–H and O–H groups in total. The summed E-state index contributed by atoms with van der Waals surface area (Å²) in [5, 5.41) is 15.1. The van der Waals surface area contributed by atoms with Crippen molar-refractivity contribution in [3.63, 3.8) is 0 Å². The van der Waals surface area contributed by atoms with Gasteiger partial charge in [-0.05, 0) is 49.4 Å². The first-order chi connectivity index (χ1) is 11.5. The molecule has 2 aromatic carbocycles. The van der Waals surface area contributed by atoms with E-state index in [4.69, 9.17) is 16.9 Å². The summed E-state index contributed by atoms with van der Waals surface area (Å²) in [7, 11) is 0. The van der Waals surface area contributed by atoms with Crippen LogP contribution in [0.2, 0.25) is 5.02 Å². The number of nitrogens with one attached hydrogen (secondary N) is 2. The van der Waals surface area contributed by atoms with Crippen molar-refractivity contribution in [2.45, 2.75) is 6.92 Å².